The van der Waals surface area contributed by atoms with E-state index in [1.807, 2.05) is 18.2 Å². The third-order valence-corrected chi connectivity index (χ3v) is 4.53. The molecule has 0 fully saturated rings. The summed E-state index contributed by atoms with van der Waals surface area (Å²) in [4.78, 5) is 4.86. The molecule has 0 amide bonds. The SMILES string of the molecule is CC(C)(C)C1NC(Nc2c(Cl)cccc2Cl)=N[C@H]1C(C)(C)C. The number of benzene rings is 1. The highest BCUT2D eigenvalue weighted by atomic mass is 35.5. The summed E-state index contributed by atoms with van der Waals surface area (Å²) in [7, 11) is 0. The van der Waals surface area contributed by atoms with E-state index in [1.165, 1.54) is 0 Å². The van der Waals surface area contributed by atoms with Crippen molar-refractivity contribution < 1.29 is 0 Å². The van der Waals surface area contributed by atoms with E-state index in [1.54, 1.807) is 0 Å². The Morgan fingerprint density at radius 1 is 1.00 bits per heavy atom. The highest BCUT2D eigenvalue weighted by molar-refractivity contribution is 6.39. The Balaban J connectivity index is 2.30. The van der Waals surface area contributed by atoms with Crippen molar-refractivity contribution in [3.05, 3.63) is 28.2 Å². The van der Waals surface area contributed by atoms with Crippen molar-refractivity contribution in [3.8, 4) is 0 Å². The summed E-state index contributed by atoms with van der Waals surface area (Å²) in [6.07, 6.45) is 0. The maximum absolute atomic E-state index is 6.23. The summed E-state index contributed by atoms with van der Waals surface area (Å²) in [5, 5.41) is 7.94. The molecule has 22 heavy (non-hydrogen) atoms. The zero-order valence-corrected chi connectivity index (χ0v) is 15.6. The third kappa shape index (κ3) is 3.69. The molecule has 0 spiro atoms. The lowest BCUT2D eigenvalue weighted by molar-refractivity contribution is 0.192. The van der Waals surface area contributed by atoms with E-state index < -0.39 is 0 Å². The zero-order valence-electron chi connectivity index (χ0n) is 14.1. The molecule has 1 unspecified atom stereocenters. The van der Waals surface area contributed by atoms with Crippen LogP contribution >= 0.6 is 23.2 Å². The van der Waals surface area contributed by atoms with Gasteiger partial charge in [-0.05, 0) is 23.0 Å². The van der Waals surface area contributed by atoms with Crippen LogP contribution in [0.2, 0.25) is 10.0 Å². The van der Waals surface area contributed by atoms with Crippen LogP contribution in [-0.2, 0) is 0 Å². The Labute approximate surface area is 143 Å². The van der Waals surface area contributed by atoms with Gasteiger partial charge >= 0.3 is 0 Å². The van der Waals surface area contributed by atoms with Crippen molar-refractivity contribution in [2.75, 3.05) is 5.32 Å². The van der Waals surface area contributed by atoms with E-state index in [4.69, 9.17) is 28.2 Å². The minimum atomic E-state index is 0.0681. The molecule has 0 saturated carbocycles. The average Bonchev–Trinajstić information content (AvgIpc) is 2.78. The summed E-state index contributed by atoms with van der Waals surface area (Å²) in [6, 6.07) is 5.88. The molecule has 1 heterocycles. The molecule has 2 N–H and O–H groups in total. The van der Waals surface area contributed by atoms with Crippen LogP contribution in [0.4, 0.5) is 5.69 Å². The van der Waals surface area contributed by atoms with Gasteiger partial charge in [0, 0.05) is 0 Å². The summed E-state index contributed by atoms with van der Waals surface area (Å²) >= 11 is 12.5. The predicted octanol–water partition coefficient (Wildman–Crippen LogP) is 5.19. The molecule has 0 radical (unpaired) electrons. The van der Waals surface area contributed by atoms with Gasteiger partial charge in [0.2, 0.25) is 0 Å². The van der Waals surface area contributed by atoms with Crippen LogP contribution in [0.25, 0.3) is 0 Å². The van der Waals surface area contributed by atoms with E-state index in [0.29, 0.717) is 15.7 Å². The smallest absolute Gasteiger partial charge is 0.196 e. The first kappa shape index (κ1) is 17.4. The lowest BCUT2D eigenvalue weighted by Gasteiger charge is -2.37. The van der Waals surface area contributed by atoms with Crippen LogP contribution in [-0.4, -0.2) is 18.0 Å². The van der Waals surface area contributed by atoms with Gasteiger partial charge in [0.1, 0.15) is 0 Å². The molecule has 1 aromatic rings. The molecule has 0 bridgehead atoms. The topological polar surface area (TPSA) is 36.4 Å². The highest BCUT2D eigenvalue weighted by Crippen LogP contribution is 2.37. The van der Waals surface area contributed by atoms with Crippen LogP contribution in [0, 0.1) is 10.8 Å². The van der Waals surface area contributed by atoms with Crippen LogP contribution in [0.5, 0.6) is 0 Å². The van der Waals surface area contributed by atoms with E-state index in [9.17, 15) is 0 Å². The normalized spacial score (nSPS) is 22.3. The Morgan fingerprint density at radius 3 is 1.95 bits per heavy atom. The Kier molecular flexibility index (Phi) is 4.70. The number of rotatable bonds is 1. The summed E-state index contributed by atoms with van der Waals surface area (Å²) < 4.78 is 0. The van der Waals surface area contributed by atoms with Crippen LogP contribution in [0.1, 0.15) is 41.5 Å². The molecule has 2 atom stereocenters. The number of hydrogen-bond acceptors (Lipinski definition) is 3. The summed E-state index contributed by atoms with van der Waals surface area (Å²) in [5.74, 6) is 0.731. The molecule has 1 aliphatic heterocycles. The fourth-order valence-corrected chi connectivity index (χ4v) is 3.16. The van der Waals surface area contributed by atoms with Gasteiger partial charge in [-0.25, -0.2) is 4.99 Å². The van der Waals surface area contributed by atoms with Crippen LogP contribution in [0.3, 0.4) is 0 Å². The molecular formula is C17H25Cl2N3. The average molecular weight is 342 g/mol. The highest BCUT2D eigenvalue weighted by Gasteiger charge is 2.43. The number of guanidine groups is 1. The number of anilines is 1. The maximum atomic E-state index is 6.23. The van der Waals surface area contributed by atoms with Gasteiger partial charge in [0.15, 0.2) is 5.96 Å². The molecular weight excluding hydrogens is 317 g/mol. The lowest BCUT2D eigenvalue weighted by atomic mass is 9.74. The monoisotopic (exact) mass is 341 g/mol. The third-order valence-electron chi connectivity index (χ3n) is 3.90. The number of nitrogens with zero attached hydrogens (tertiary/aromatic N) is 1. The summed E-state index contributed by atoms with van der Waals surface area (Å²) in [5.41, 5.74) is 0.854. The number of hydrogen-bond donors (Lipinski definition) is 2. The minimum absolute atomic E-state index is 0.0681. The van der Waals surface area contributed by atoms with E-state index in [-0.39, 0.29) is 22.9 Å². The van der Waals surface area contributed by atoms with E-state index in [0.717, 1.165) is 5.96 Å². The molecule has 1 aromatic carbocycles. The molecule has 5 heteroatoms. The Bertz CT molecular complexity index is 562. The van der Waals surface area contributed by atoms with Crippen molar-refractivity contribution >= 4 is 34.8 Å². The molecule has 0 aliphatic carbocycles. The van der Waals surface area contributed by atoms with Gasteiger partial charge in [0.25, 0.3) is 0 Å². The Hall–Kier alpha value is -0.930. The zero-order chi connectivity index (χ0) is 16.7. The molecule has 122 valence electrons. The number of nitrogens with one attached hydrogen (secondary N) is 2. The lowest BCUT2D eigenvalue weighted by Crippen LogP contribution is -2.49. The predicted molar refractivity (Wildman–Crippen MR) is 97.1 cm³/mol. The standard InChI is InChI=1S/C17H25Cl2N3/c1-16(2,3)13-14(17(4,5)6)22-15(21-13)20-12-10(18)8-7-9-11(12)19/h7-9,13-14H,1-6H3,(H2,20,21,22)/t13-,14?/m1/s1. The van der Waals surface area contributed by atoms with Gasteiger partial charge in [-0.15, -0.1) is 0 Å². The number of para-hydroxylation sites is 1. The van der Waals surface area contributed by atoms with E-state index in [2.05, 4.69) is 52.2 Å². The van der Waals surface area contributed by atoms with Crippen LogP contribution in [0.15, 0.2) is 23.2 Å². The van der Waals surface area contributed by atoms with Crippen molar-refractivity contribution in [2.45, 2.75) is 53.6 Å². The number of halogens is 2. The fraction of sp³-hybridized carbons (Fsp3) is 0.588. The first-order chi connectivity index (χ1) is 10.00. The van der Waals surface area contributed by atoms with Gasteiger partial charge in [-0.3, -0.25) is 0 Å². The first-order valence-corrected chi connectivity index (χ1v) is 8.31. The number of aliphatic imine (C=N–C) groups is 1. The maximum Gasteiger partial charge on any atom is 0.196 e. The van der Waals surface area contributed by atoms with Gasteiger partial charge in [-0.1, -0.05) is 70.8 Å². The van der Waals surface area contributed by atoms with Gasteiger partial charge in [-0.2, -0.15) is 0 Å². The Morgan fingerprint density at radius 2 is 1.55 bits per heavy atom. The van der Waals surface area contributed by atoms with E-state index >= 15 is 0 Å². The largest absolute Gasteiger partial charge is 0.351 e. The van der Waals surface area contributed by atoms with Crippen molar-refractivity contribution in [1.82, 2.24) is 5.32 Å². The second-order valence-electron chi connectivity index (χ2n) is 8.00. The second kappa shape index (κ2) is 5.93. The summed E-state index contributed by atoms with van der Waals surface area (Å²) in [6.45, 7) is 13.3. The first-order valence-electron chi connectivity index (χ1n) is 7.55. The second-order valence-corrected chi connectivity index (χ2v) is 8.81. The molecule has 0 aromatic heterocycles. The minimum Gasteiger partial charge on any atom is -0.351 e. The van der Waals surface area contributed by atoms with Crippen LogP contribution < -0.4 is 10.6 Å². The van der Waals surface area contributed by atoms with Gasteiger partial charge < -0.3 is 10.6 Å². The van der Waals surface area contributed by atoms with Crippen molar-refractivity contribution in [3.63, 3.8) is 0 Å². The van der Waals surface area contributed by atoms with Crippen molar-refractivity contribution in [2.24, 2.45) is 15.8 Å². The molecule has 1 aliphatic rings. The molecule has 0 saturated heterocycles. The van der Waals surface area contributed by atoms with Gasteiger partial charge in [0.05, 0.1) is 27.8 Å². The quantitative estimate of drug-likeness (QED) is 0.736. The van der Waals surface area contributed by atoms with Crippen molar-refractivity contribution in [1.29, 1.82) is 0 Å². The molecule has 3 nitrogen and oxygen atoms in total. The molecule has 2 rings (SSSR count). The fourth-order valence-electron chi connectivity index (χ4n) is 2.66.